The van der Waals surface area contributed by atoms with Crippen LogP contribution >= 0.6 is 0 Å². The Morgan fingerprint density at radius 3 is 2.90 bits per heavy atom. The van der Waals surface area contributed by atoms with Crippen molar-refractivity contribution in [1.29, 1.82) is 0 Å². The van der Waals surface area contributed by atoms with Crippen molar-refractivity contribution in [3.63, 3.8) is 0 Å². The van der Waals surface area contributed by atoms with Gasteiger partial charge >= 0.3 is 0 Å². The molecule has 1 aliphatic rings. The Morgan fingerprint density at radius 2 is 2.10 bits per heavy atom. The van der Waals surface area contributed by atoms with Gasteiger partial charge in [-0.3, -0.25) is 14.9 Å². The molecule has 0 aliphatic carbocycles. The van der Waals surface area contributed by atoms with Gasteiger partial charge in [-0.15, -0.1) is 0 Å². The van der Waals surface area contributed by atoms with Gasteiger partial charge in [0.25, 0.3) is 0 Å². The van der Waals surface area contributed by atoms with E-state index in [9.17, 15) is 0 Å². The molecular formula is C23H25N5O. The summed E-state index contributed by atoms with van der Waals surface area (Å²) in [6.07, 6.45) is 7.93. The van der Waals surface area contributed by atoms with Gasteiger partial charge in [-0.1, -0.05) is 17.3 Å². The molecule has 1 aliphatic heterocycles. The Bertz CT molecular complexity index is 1110. The van der Waals surface area contributed by atoms with Crippen LogP contribution in [0.2, 0.25) is 0 Å². The van der Waals surface area contributed by atoms with Gasteiger partial charge in [0.15, 0.2) is 0 Å². The number of nitrogens with one attached hydrogen (secondary N) is 1. The fourth-order valence-electron chi connectivity index (χ4n) is 4.41. The number of aromatic nitrogens is 4. The van der Waals surface area contributed by atoms with E-state index >= 15 is 0 Å². The molecule has 0 spiro atoms. The Balaban J connectivity index is 1.20. The summed E-state index contributed by atoms with van der Waals surface area (Å²) >= 11 is 0. The van der Waals surface area contributed by atoms with E-state index in [2.05, 4.69) is 49.3 Å². The third kappa shape index (κ3) is 3.68. The molecule has 6 nitrogen and oxygen atoms in total. The second-order valence-corrected chi connectivity index (χ2v) is 8.09. The van der Waals surface area contributed by atoms with Crippen LogP contribution in [0.5, 0.6) is 0 Å². The van der Waals surface area contributed by atoms with Crippen LogP contribution in [-0.2, 0) is 13.0 Å². The molecule has 1 fully saturated rings. The molecule has 0 amide bonds. The van der Waals surface area contributed by atoms with Crippen LogP contribution < -0.4 is 0 Å². The van der Waals surface area contributed by atoms with Gasteiger partial charge < -0.3 is 9.51 Å². The van der Waals surface area contributed by atoms with Gasteiger partial charge in [0.2, 0.25) is 0 Å². The van der Waals surface area contributed by atoms with Crippen LogP contribution in [0, 0.1) is 19.8 Å². The highest BCUT2D eigenvalue weighted by molar-refractivity contribution is 5.79. The average molecular weight is 387 g/mol. The van der Waals surface area contributed by atoms with Gasteiger partial charge in [0.1, 0.15) is 5.76 Å². The first kappa shape index (κ1) is 18.1. The molecule has 0 radical (unpaired) electrons. The summed E-state index contributed by atoms with van der Waals surface area (Å²) in [7, 11) is 0. The fraction of sp³-hybridized carbons (Fsp3) is 0.348. The number of hydrogen-bond donors (Lipinski definition) is 1. The summed E-state index contributed by atoms with van der Waals surface area (Å²) in [6, 6.07) is 8.82. The minimum atomic E-state index is 0.628. The number of H-pyrrole nitrogens is 1. The van der Waals surface area contributed by atoms with Crippen molar-refractivity contribution in [2.75, 3.05) is 13.1 Å². The Morgan fingerprint density at radius 1 is 1.17 bits per heavy atom. The second-order valence-electron chi connectivity index (χ2n) is 8.09. The molecule has 1 N–H and O–H groups in total. The van der Waals surface area contributed by atoms with Crippen molar-refractivity contribution in [3.05, 3.63) is 65.6 Å². The maximum absolute atomic E-state index is 5.24. The van der Waals surface area contributed by atoms with Crippen molar-refractivity contribution in [3.8, 4) is 11.3 Å². The number of nitrogens with zero attached hydrogens (tertiary/aromatic N) is 4. The van der Waals surface area contributed by atoms with Crippen LogP contribution in [0.4, 0.5) is 0 Å². The molecule has 1 atom stereocenters. The molecule has 3 aromatic heterocycles. The number of fused-ring (bicyclic) bond motifs is 1. The quantitative estimate of drug-likeness (QED) is 0.553. The number of likely N-dealkylation sites (tertiary alicyclic amines) is 1. The van der Waals surface area contributed by atoms with Gasteiger partial charge in [0.05, 0.1) is 28.8 Å². The summed E-state index contributed by atoms with van der Waals surface area (Å²) in [4.78, 5) is 15.1. The van der Waals surface area contributed by atoms with E-state index in [1.807, 2.05) is 32.4 Å². The number of benzene rings is 1. The monoisotopic (exact) mass is 387 g/mol. The zero-order valence-corrected chi connectivity index (χ0v) is 16.9. The third-order valence-corrected chi connectivity index (χ3v) is 5.89. The second kappa shape index (κ2) is 7.44. The van der Waals surface area contributed by atoms with Crippen LogP contribution in [0.25, 0.3) is 22.2 Å². The van der Waals surface area contributed by atoms with Crippen LogP contribution in [-0.4, -0.2) is 38.1 Å². The standard InChI is InChI=1S/C23H25N5O/c1-15-23(16(2)29-27-15)22-12-25-20(11-26-22)9-18-6-8-28(14-18)13-17-3-4-19-5-7-24-21(19)10-17/h3-5,7,10-12,18,24H,6,8-9,13-14H2,1-2H3/t18-/m0/s1. The number of rotatable bonds is 5. The highest BCUT2D eigenvalue weighted by Gasteiger charge is 2.23. The lowest BCUT2D eigenvalue weighted by atomic mass is 10.0. The summed E-state index contributed by atoms with van der Waals surface area (Å²) in [5.74, 6) is 1.41. The first-order chi connectivity index (χ1) is 14.2. The molecular weight excluding hydrogens is 362 g/mol. The van der Waals surface area contributed by atoms with Crippen LogP contribution in [0.15, 0.2) is 47.4 Å². The fourth-order valence-corrected chi connectivity index (χ4v) is 4.41. The highest BCUT2D eigenvalue weighted by atomic mass is 16.5. The zero-order chi connectivity index (χ0) is 19.8. The Labute approximate surface area is 170 Å². The van der Waals surface area contributed by atoms with Gasteiger partial charge in [-0.2, -0.15) is 0 Å². The lowest BCUT2D eigenvalue weighted by Crippen LogP contribution is -2.20. The number of hydrogen-bond acceptors (Lipinski definition) is 5. The molecule has 4 aromatic rings. The average Bonchev–Trinajstić information content (AvgIpc) is 3.44. The smallest absolute Gasteiger partial charge is 0.143 e. The van der Waals surface area contributed by atoms with E-state index < -0.39 is 0 Å². The lowest BCUT2D eigenvalue weighted by molar-refractivity contribution is 0.316. The normalized spacial score (nSPS) is 17.4. The summed E-state index contributed by atoms with van der Waals surface area (Å²) < 4.78 is 5.24. The third-order valence-electron chi connectivity index (χ3n) is 5.89. The summed E-state index contributed by atoms with van der Waals surface area (Å²) in [6.45, 7) is 7.09. The molecule has 148 valence electrons. The molecule has 4 heterocycles. The molecule has 0 saturated carbocycles. The lowest BCUT2D eigenvalue weighted by Gasteiger charge is -2.16. The molecule has 0 unspecified atom stereocenters. The van der Waals surface area contributed by atoms with Crippen molar-refractivity contribution in [1.82, 2.24) is 25.0 Å². The predicted molar refractivity (Wildman–Crippen MR) is 112 cm³/mol. The molecule has 5 rings (SSSR count). The van der Waals surface area contributed by atoms with Crippen molar-refractivity contribution < 1.29 is 4.52 Å². The summed E-state index contributed by atoms with van der Waals surface area (Å²) in [5.41, 5.74) is 6.28. The summed E-state index contributed by atoms with van der Waals surface area (Å²) in [5, 5.41) is 5.27. The van der Waals surface area contributed by atoms with E-state index in [1.54, 1.807) is 0 Å². The van der Waals surface area contributed by atoms with Crippen LogP contribution in [0.1, 0.15) is 29.1 Å². The first-order valence-corrected chi connectivity index (χ1v) is 10.2. The molecule has 0 bridgehead atoms. The number of aromatic amines is 1. The first-order valence-electron chi connectivity index (χ1n) is 10.2. The Kier molecular flexibility index (Phi) is 4.64. The maximum Gasteiger partial charge on any atom is 0.143 e. The molecule has 1 saturated heterocycles. The predicted octanol–water partition coefficient (Wildman–Crippen LogP) is 4.29. The molecule has 1 aromatic carbocycles. The van der Waals surface area contributed by atoms with E-state index in [4.69, 9.17) is 4.52 Å². The maximum atomic E-state index is 5.24. The van der Waals surface area contributed by atoms with Gasteiger partial charge in [-0.05, 0) is 62.2 Å². The van der Waals surface area contributed by atoms with E-state index in [0.717, 1.165) is 54.5 Å². The van der Waals surface area contributed by atoms with Gasteiger partial charge in [-0.25, -0.2) is 0 Å². The molecule has 29 heavy (non-hydrogen) atoms. The SMILES string of the molecule is Cc1noc(C)c1-c1cnc(C[C@@H]2CCN(Cc3ccc4cc[nH]c4c3)C2)cn1. The largest absolute Gasteiger partial charge is 0.361 e. The molecule has 6 heteroatoms. The topological polar surface area (TPSA) is 70.8 Å². The minimum absolute atomic E-state index is 0.628. The van der Waals surface area contributed by atoms with Crippen molar-refractivity contribution in [2.24, 2.45) is 5.92 Å². The minimum Gasteiger partial charge on any atom is -0.361 e. The van der Waals surface area contributed by atoms with Gasteiger partial charge in [0, 0.05) is 31.0 Å². The van der Waals surface area contributed by atoms with Crippen molar-refractivity contribution in [2.45, 2.75) is 33.2 Å². The zero-order valence-electron chi connectivity index (χ0n) is 16.9. The Hall–Kier alpha value is -2.99. The van der Waals surface area contributed by atoms with E-state index in [0.29, 0.717) is 5.92 Å². The van der Waals surface area contributed by atoms with Crippen LogP contribution in [0.3, 0.4) is 0 Å². The van der Waals surface area contributed by atoms with Crippen molar-refractivity contribution >= 4 is 10.9 Å². The van der Waals surface area contributed by atoms with E-state index in [-0.39, 0.29) is 0 Å². The highest BCUT2D eigenvalue weighted by Crippen LogP contribution is 2.26. The number of aryl methyl sites for hydroxylation is 2. The van der Waals surface area contributed by atoms with E-state index in [1.165, 1.54) is 22.9 Å².